The van der Waals surface area contributed by atoms with Crippen LogP contribution in [0.3, 0.4) is 0 Å². The quantitative estimate of drug-likeness (QED) is 0.588. The fraction of sp³-hybridized carbons (Fsp3) is 0.636. The van der Waals surface area contributed by atoms with Crippen LogP contribution in [-0.4, -0.2) is 28.8 Å². The summed E-state index contributed by atoms with van der Waals surface area (Å²) in [5.74, 6) is 1.47. The topological polar surface area (TPSA) is 63.8 Å². The minimum atomic E-state index is 0.174. The summed E-state index contributed by atoms with van der Waals surface area (Å²) < 4.78 is 0. The predicted molar refractivity (Wildman–Crippen MR) is 69.7 cm³/mol. The molecule has 16 heavy (non-hydrogen) atoms. The molecule has 0 spiro atoms. The van der Waals surface area contributed by atoms with Crippen molar-refractivity contribution in [3.8, 4) is 0 Å². The number of anilines is 1. The first kappa shape index (κ1) is 13.3. The summed E-state index contributed by atoms with van der Waals surface area (Å²) in [5, 5.41) is 4.20. The standard InChI is InChI=1S/C11H20N4S/c1-8(2)4-9(12)6-13-10-5-11(16-3)15-7-14-10/h5,7-9H,4,6,12H2,1-3H3,(H,13,14,15). The minimum absolute atomic E-state index is 0.174. The van der Waals surface area contributed by atoms with Gasteiger partial charge in [-0.15, -0.1) is 11.8 Å². The van der Waals surface area contributed by atoms with Gasteiger partial charge in [0.2, 0.25) is 0 Å². The number of nitrogens with zero attached hydrogens (tertiary/aromatic N) is 2. The van der Waals surface area contributed by atoms with Crippen molar-refractivity contribution in [1.29, 1.82) is 0 Å². The number of thioether (sulfide) groups is 1. The first-order valence-electron chi connectivity index (χ1n) is 5.47. The van der Waals surface area contributed by atoms with Crippen LogP contribution in [0.15, 0.2) is 17.4 Å². The Bertz CT molecular complexity index is 317. The van der Waals surface area contributed by atoms with Crippen LogP contribution in [0.4, 0.5) is 5.82 Å². The average molecular weight is 240 g/mol. The molecule has 3 N–H and O–H groups in total. The maximum atomic E-state index is 5.98. The van der Waals surface area contributed by atoms with Crippen LogP contribution in [-0.2, 0) is 0 Å². The van der Waals surface area contributed by atoms with Crippen molar-refractivity contribution in [3.63, 3.8) is 0 Å². The van der Waals surface area contributed by atoms with Crippen LogP contribution in [0.25, 0.3) is 0 Å². The van der Waals surface area contributed by atoms with E-state index in [0.29, 0.717) is 5.92 Å². The second-order valence-corrected chi connectivity index (χ2v) is 5.04. The van der Waals surface area contributed by atoms with Crippen molar-refractivity contribution >= 4 is 17.6 Å². The summed E-state index contributed by atoms with van der Waals surface area (Å²) in [6.07, 6.45) is 4.59. The molecule has 0 bridgehead atoms. The highest BCUT2D eigenvalue weighted by Crippen LogP contribution is 2.13. The van der Waals surface area contributed by atoms with Gasteiger partial charge >= 0.3 is 0 Å². The second kappa shape index (κ2) is 6.70. The van der Waals surface area contributed by atoms with E-state index >= 15 is 0 Å². The molecule has 0 aliphatic rings. The van der Waals surface area contributed by atoms with E-state index in [4.69, 9.17) is 5.73 Å². The lowest BCUT2D eigenvalue weighted by Crippen LogP contribution is -2.30. The van der Waals surface area contributed by atoms with Gasteiger partial charge < -0.3 is 11.1 Å². The van der Waals surface area contributed by atoms with Crippen LogP contribution in [0.5, 0.6) is 0 Å². The number of nitrogens with one attached hydrogen (secondary N) is 1. The molecule has 1 aromatic heterocycles. The third-order valence-electron chi connectivity index (χ3n) is 2.17. The van der Waals surface area contributed by atoms with Gasteiger partial charge in [-0.1, -0.05) is 13.8 Å². The van der Waals surface area contributed by atoms with Crippen LogP contribution in [0, 0.1) is 5.92 Å². The molecular formula is C11H20N4S. The summed E-state index contributed by atoms with van der Waals surface area (Å²) >= 11 is 1.61. The minimum Gasteiger partial charge on any atom is -0.368 e. The van der Waals surface area contributed by atoms with E-state index in [-0.39, 0.29) is 6.04 Å². The molecule has 90 valence electrons. The van der Waals surface area contributed by atoms with Gasteiger partial charge in [-0.3, -0.25) is 0 Å². The van der Waals surface area contributed by atoms with Gasteiger partial charge in [-0.05, 0) is 18.6 Å². The Morgan fingerprint density at radius 1 is 1.44 bits per heavy atom. The Morgan fingerprint density at radius 3 is 2.81 bits per heavy atom. The van der Waals surface area contributed by atoms with Gasteiger partial charge in [0.05, 0.1) is 0 Å². The molecule has 1 atom stereocenters. The first-order chi connectivity index (χ1) is 7.61. The SMILES string of the molecule is CSc1cc(NCC(N)CC(C)C)ncn1. The number of hydrogen-bond donors (Lipinski definition) is 2. The Morgan fingerprint density at radius 2 is 2.19 bits per heavy atom. The Balaban J connectivity index is 2.41. The molecule has 1 rings (SSSR count). The van der Waals surface area contributed by atoms with E-state index in [1.807, 2.05) is 12.3 Å². The molecule has 0 radical (unpaired) electrons. The van der Waals surface area contributed by atoms with Crippen molar-refractivity contribution in [2.45, 2.75) is 31.3 Å². The van der Waals surface area contributed by atoms with Crippen LogP contribution >= 0.6 is 11.8 Å². The fourth-order valence-electron chi connectivity index (χ4n) is 1.47. The molecule has 0 fully saturated rings. The second-order valence-electron chi connectivity index (χ2n) is 4.22. The zero-order valence-electron chi connectivity index (χ0n) is 10.1. The summed E-state index contributed by atoms with van der Waals surface area (Å²) in [5.41, 5.74) is 5.98. The normalized spacial score (nSPS) is 12.8. The summed E-state index contributed by atoms with van der Waals surface area (Å²) in [6.45, 7) is 5.11. The summed E-state index contributed by atoms with van der Waals surface area (Å²) in [7, 11) is 0. The number of hydrogen-bond acceptors (Lipinski definition) is 5. The lowest BCUT2D eigenvalue weighted by Gasteiger charge is -2.15. The lowest BCUT2D eigenvalue weighted by atomic mass is 10.0. The van der Waals surface area contributed by atoms with Gasteiger partial charge in [0.25, 0.3) is 0 Å². The molecule has 5 heteroatoms. The van der Waals surface area contributed by atoms with Crippen molar-refractivity contribution in [2.24, 2.45) is 11.7 Å². The van der Waals surface area contributed by atoms with Crippen LogP contribution in [0.1, 0.15) is 20.3 Å². The fourth-order valence-corrected chi connectivity index (χ4v) is 1.85. The maximum Gasteiger partial charge on any atom is 0.130 e. The number of nitrogens with two attached hydrogens (primary N) is 1. The van der Waals surface area contributed by atoms with Gasteiger partial charge in [0.15, 0.2) is 0 Å². The molecule has 1 aromatic rings. The molecule has 0 aliphatic carbocycles. The van der Waals surface area contributed by atoms with Crippen LogP contribution in [0.2, 0.25) is 0 Å². The van der Waals surface area contributed by atoms with E-state index in [1.165, 1.54) is 0 Å². The van der Waals surface area contributed by atoms with Gasteiger partial charge in [0, 0.05) is 18.7 Å². The third-order valence-corrected chi connectivity index (χ3v) is 2.81. The zero-order valence-corrected chi connectivity index (χ0v) is 10.9. The van der Waals surface area contributed by atoms with E-state index < -0.39 is 0 Å². The van der Waals surface area contributed by atoms with E-state index in [2.05, 4.69) is 29.1 Å². The van der Waals surface area contributed by atoms with E-state index in [0.717, 1.165) is 23.8 Å². The highest BCUT2D eigenvalue weighted by atomic mass is 32.2. The number of rotatable bonds is 6. The predicted octanol–water partition coefficient (Wildman–Crippen LogP) is 1.98. The number of aromatic nitrogens is 2. The molecule has 0 aromatic carbocycles. The Labute approximate surface area is 101 Å². The molecule has 0 saturated heterocycles. The van der Waals surface area contributed by atoms with Gasteiger partial charge in [-0.2, -0.15) is 0 Å². The van der Waals surface area contributed by atoms with Crippen molar-refractivity contribution in [2.75, 3.05) is 18.1 Å². The van der Waals surface area contributed by atoms with Gasteiger partial charge in [-0.25, -0.2) is 9.97 Å². The highest BCUT2D eigenvalue weighted by molar-refractivity contribution is 7.98. The van der Waals surface area contributed by atoms with E-state index in [9.17, 15) is 0 Å². The Hall–Kier alpha value is -0.810. The molecule has 0 saturated carbocycles. The first-order valence-corrected chi connectivity index (χ1v) is 6.69. The van der Waals surface area contributed by atoms with E-state index in [1.54, 1.807) is 18.1 Å². The van der Waals surface area contributed by atoms with Crippen molar-refractivity contribution < 1.29 is 0 Å². The third kappa shape index (κ3) is 4.81. The lowest BCUT2D eigenvalue weighted by molar-refractivity contribution is 0.508. The largest absolute Gasteiger partial charge is 0.368 e. The molecule has 4 nitrogen and oxygen atoms in total. The van der Waals surface area contributed by atoms with Crippen LogP contribution < -0.4 is 11.1 Å². The molecule has 1 unspecified atom stereocenters. The molecule has 1 heterocycles. The zero-order chi connectivity index (χ0) is 12.0. The van der Waals surface area contributed by atoms with Crippen molar-refractivity contribution in [1.82, 2.24) is 9.97 Å². The smallest absolute Gasteiger partial charge is 0.130 e. The van der Waals surface area contributed by atoms with Gasteiger partial charge in [0.1, 0.15) is 17.2 Å². The summed E-state index contributed by atoms with van der Waals surface area (Å²) in [4.78, 5) is 8.26. The van der Waals surface area contributed by atoms with Crippen molar-refractivity contribution in [3.05, 3.63) is 12.4 Å². The summed E-state index contributed by atoms with van der Waals surface area (Å²) in [6, 6.07) is 2.11. The Kier molecular flexibility index (Phi) is 5.55. The molecule has 0 aliphatic heterocycles. The molecular weight excluding hydrogens is 220 g/mol. The average Bonchev–Trinajstić information content (AvgIpc) is 2.26. The maximum absolute atomic E-state index is 5.98. The monoisotopic (exact) mass is 240 g/mol. The highest BCUT2D eigenvalue weighted by Gasteiger charge is 2.05. The molecule has 0 amide bonds.